The van der Waals surface area contributed by atoms with E-state index in [0.29, 0.717) is 12.8 Å². The van der Waals surface area contributed by atoms with E-state index in [4.69, 9.17) is 9.47 Å². The number of cyclic esters (lactones) is 1. The van der Waals surface area contributed by atoms with Gasteiger partial charge in [-0.05, 0) is 18.8 Å². The molecule has 1 atom stereocenters. The van der Waals surface area contributed by atoms with Crippen LogP contribution in [0.25, 0.3) is 0 Å². The number of ether oxygens (including phenoxy) is 2. The third-order valence-corrected chi connectivity index (χ3v) is 2.53. The van der Waals surface area contributed by atoms with Gasteiger partial charge in [0.2, 0.25) is 0 Å². The zero-order chi connectivity index (χ0) is 12.4. The second kappa shape index (κ2) is 4.28. The Bertz CT molecular complexity index is 319. The third-order valence-electron chi connectivity index (χ3n) is 2.53. The maximum Gasteiger partial charge on any atom is 0.330 e. The zero-order valence-electron chi connectivity index (χ0n) is 10.0. The molecule has 0 spiro atoms. The fraction of sp³-hybridized carbons (Fsp3) is 0.667. The van der Waals surface area contributed by atoms with Gasteiger partial charge in [0.1, 0.15) is 12.2 Å². The average Bonchev–Trinajstić information content (AvgIpc) is 2.21. The van der Waals surface area contributed by atoms with Gasteiger partial charge in [-0.2, -0.15) is 0 Å². The molecule has 0 bridgehead atoms. The van der Waals surface area contributed by atoms with Crippen molar-refractivity contribution in [3.63, 3.8) is 0 Å². The quantitative estimate of drug-likeness (QED) is 0.532. The smallest absolute Gasteiger partial charge is 0.330 e. The van der Waals surface area contributed by atoms with Crippen LogP contribution < -0.4 is 0 Å². The minimum absolute atomic E-state index is 0.106. The van der Waals surface area contributed by atoms with E-state index in [1.54, 1.807) is 6.92 Å². The maximum atomic E-state index is 11.4. The van der Waals surface area contributed by atoms with E-state index in [1.807, 2.05) is 13.8 Å². The van der Waals surface area contributed by atoms with Crippen molar-refractivity contribution >= 4 is 11.9 Å². The molecule has 90 valence electrons. The van der Waals surface area contributed by atoms with Crippen molar-refractivity contribution < 1.29 is 19.1 Å². The summed E-state index contributed by atoms with van der Waals surface area (Å²) in [6, 6.07) is 0. The first-order valence-electron chi connectivity index (χ1n) is 5.27. The highest BCUT2D eigenvalue weighted by Gasteiger charge is 2.41. The molecular weight excluding hydrogens is 208 g/mol. The SMILES string of the molecule is C=CC(=O)OC1(C)COC(=O)CC(C)(C)C1. The number of carbonyl (C=O) groups is 2. The molecule has 4 heteroatoms. The van der Waals surface area contributed by atoms with Gasteiger partial charge in [0.15, 0.2) is 0 Å². The highest BCUT2D eigenvalue weighted by Crippen LogP contribution is 2.36. The van der Waals surface area contributed by atoms with Gasteiger partial charge < -0.3 is 9.47 Å². The van der Waals surface area contributed by atoms with Crippen molar-refractivity contribution in [1.82, 2.24) is 0 Å². The van der Waals surface area contributed by atoms with Gasteiger partial charge in [0.05, 0.1) is 6.42 Å². The second-order valence-corrected chi connectivity index (χ2v) is 5.25. The van der Waals surface area contributed by atoms with Gasteiger partial charge in [0.25, 0.3) is 0 Å². The molecular formula is C12H18O4. The van der Waals surface area contributed by atoms with Crippen LogP contribution in [0.4, 0.5) is 0 Å². The monoisotopic (exact) mass is 226 g/mol. The molecule has 1 rings (SSSR count). The summed E-state index contributed by atoms with van der Waals surface area (Å²) in [4.78, 5) is 22.6. The Balaban J connectivity index is 2.82. The molecule has 0 aliphatic carbocycles. The van der Waals surface area contributed by atoms with E-state index in [-0.39, 0.29) is 18.0 Å². The van der Waals surface area contributed by atoms with E-state index in [1.165, 1.54) is 0 Å². The first kappa shape index (κ1) is 12.7. The summed E-state index contributed by atoms with van der Waals surface area (Å²) in [7, 11) is 0. The molecule has 0 saturated carbocycles. The Morgan fingerprint density at radius 3 is 2.69 bits per heavy atom. The highest BCUT2D eigenvalue weighted by molar-refractivity contribution is 5.81. The zero-order valence-corrected chi connectivity index (χ0v) is 10.0. The number of hydrogen-bond acceptors (Lipinski definition) is 4. The van der Waals surface area contributed by atoms with Crippen molar-refractivity contribution in [3.8, 4) is 0 Å². The van der Waals surface area contributed by atoms with Crippen LogP contribution in [-0.2, 0) is 19.1 Å². The normalized spacial score (nSPS) is 28.8. The van der Waals surface area contributed by atoms with Crippen molar-refractivity contribution in [2.45, 2.75) is 39.2 Å². The molecule has 1 aliphatic heterocycles. The highest BCUT2D eigenvalue weighted by atomic mass is 16.6. The summed E-state index contributed by atoms with van der Waals surface area (Å²) < 4.78 is 10.3. The molecule has 1 aliphatic rings. The van der Waals surface area contributed by atoms with Gasteiger partial charge in [0, 0.05) is 6.08 Å². The van der Waals surface area contributed by atoms with Gasteiger partial charge in [-0.3, -0.25) is 4.79 Å². The summed E-state index contributed by atoms with van der Waals surface area (Å²) in [5, 5.41) is 0. The summed E-state index contributed by atoms with van der Waals surface area (Å²) in [6.07, 6.45) is 2.05. The maximum absolute atomic E-state index is 11.4. The lowest BCUT2D eigenvalue weighted by molar-refractivity contribution is -0.164. The molecule has 0 radical (unpaired) electrons. The molecule has 0 aromatic carbocycles. The van der Waals surface area contributed by atoms with E-state index in [2.05, 4.69) is 6.58 Å². The van der Waals surface area contributed by atoms with E-state index in [9.17, 15) is 9.59 Å². The van der Waals surface area contributed by atoms with Gasteiger partial charge in [-0.15, -0.1) is 0 Å². The first-order valence-corrected chi connectivity index (χ1v) is 5.27. The van der Waals surface area contributed by atoms with Gasteiger partial charge in [-0.25, -0.2) is 4.79 Å². The van der Waals surface area contributed by atoms with Crippen LogP contribution in [0.1, 0.15) is 33.6 Å². The van der Waals surface area contributed by atoms with Gasteiger partial charge in [-0.1, -0.05) is 20.4 Å². The summed E-state index contributed by atoms with van der Waals surface area (Å²) in [5.41, 5.74) is -0.995. The lowest BCUT2D eigenvalue weighted by Crippen LogP contribution is -2.38. The third kappa shape index (κ3) is 3.36. The first-order chi connectivity index (χ1) is 7.26. The molecule has 0 N–H and O–H groups in total. The topological polar surface area (TPSA) is 52.6 Å². The minimum atomic E-state index is -0.763. The van der Waals surface area contributed by atoms with Crippen LogP contribution in [0.2, 0.25) is 0 Å². The fourth-order valence-electron chi connectivity index (χ4n) is 2.15. The standard InChI is InChI=1S/C12H18O4/c1-5-9(13)16-12(4)7-11(2,3)6-10(14)15-8-12/h5H,1,6-8H2,2-4H3. The Morgan fingerprint density at radius 1 is 1.50 bits per heavy atom. The minimum Gasteiger partial charge on any atom is -0.461 e. The Labute approximate surface area is 95.6 Å². The van der Waals surface area contributed by atoms with Crippen LogP contribution in [0.3, 0.4) is 0 Å². The Morgan fingerprint density at radius 2 is 2.12 bits per heavy atom. The van der Waals surface area contributed by atoms with Crippen LogP contribution in [0.5, 0.6) is 0 Å². The fourth-order valence-corrected chi connectivity index (χ4v) is 2.15. The molecule has 1 fully saturated rings. The second-order valence-electron chi connectivity index (χ2n) is 5.25. The van der Waals surface area contributed by atoms with Crippen molar-refractivity contribution in [1.29, 1.82) is 0 Å². The largest absolute Gasteiger partial charge is 0.461 e. The van der Waals surface area contributed by atoms with Crippen LogP contribution >= 0.6 is 0 Å². The van der Waals surface area contributed by atoms with Crippen molar-refractivity contribution in [2.24, 2.45) is 5.41 Å². The van der Waals surface area contributed by atoms with E-state index >= 15 is 0 Å². The lowest BCUT2D eigenvalue weighted by Gasteiger charge is -2.32. The lowest BCUT2D eigenvalue weighted by atomic mass is 9.79. The number of hydrogen-bond donors (Lipinski definition) is 0. The van der Waals surface area contributed by atoms with Crippen molar-refractivity contribution in [2.75, 3.05) is 6.61 Å². The molecule has 1 heterocycles. The van der Waals surface area contributed by atoms with Crippen molar-refractivity contribution in [3.05, 3.63) is 12.7 Å². The molecule has 1 saturated heterocycles. The van der Waals surface area contributed by atoms with Crippen LogP contribution in [0, 0.1) is 5.41 Å². The average molecular weight is 226 g/mol. The van der Waals surface area contributed by atoms with E-state index in [0.717, 1.165) is 6.08 Å². The predicted molar refractivity (Wildman–Crippen MR) is 58.7 cm³/mol. The molecule has 1 unspecified atom stereocenters. The molecule has 4 nitrogen and oxygen atoms in total. The molecule has 16 heavy (non-hydrogen) atoms. The Kier molecular flexibility index (Phi) is 3.41. The molecule has 0 amide bonds. The number of carbonyl (C=O) groups excluding carboxylic acids is 2. The summed E-state index contributed by atoms with van der Waals surface area (Å²) >= 11 is 0. The van der Waals surface area contributed by atoms with Crippen LogP contribution in [-0.4, -0.2) is 24.1 Å². The summed E-state index contributed by atoms with van der Waals surface area (Å²) in [6.45, 7) is 9.14. The number of esters is 2. The van der Waals surface area contributed by atoms with E-state index < -0.39 is 11.6 Å². The van der Waals surface area contributed by atoms with Crippen LogP contribution in [0.15, 0.2) is 12.7 Å². The predicted octanol–water partition coefficient (Wildman–Crippen LogP) is 1.84. The number of rotatable bonds is 2. The molecule has 0 aromatic rings. The Hall–Kier alpha value is -1.32. The van der Waals surface area contributed by atoms with Gasteiger partial charge >= 0.3 is 11.9 Å². The molecule has 0 aromatic heterocycles. The summed E-state index contributed by atoms with van der Waals surface area (Å²) in [5.74, 6) is -0.736.